The summed E-state index contributed by atoms with van der Waals surface area (Å²) in [4.78, 5) is 23.0. The molecule has 0 aliphatic heterocycles. The molecule has 3 unspecified atom stereocenters. The number of carbonyl (C=O) groups is 2. The minimum absolute atomic E-state index is 0.132. The molecule has 0 fully saturated rings. The van der Waals surface area contributed by atoms with Gasteiger partial charge in [-0.25, -0.2) is 0 Å². The van der Waals surface area contributed by atoms with E-state index in [0.717, 1.165) is 6.42 Å². The highest BCUT2D eigenvalue weighted by Crippen LogP contribution is 2.05. The van der Waals surface area contributed by atoms with Crippen LogP contribution in [0.3, 0.4) is 0 Å². The van der Waals surface area contributed by atoms with E-state index in [9.17, 15) is 9.59 Å². The molecule has 1 amide bonds. The highest BCUT2D eigenvalue weighted by molar-refractivity contribution is 5.82. The second-order valence-corrected chi connectivity index (χ2v) is 4.31. The van der Waals surface area contributed by atoms with Crippen LogP contribution in [0.1, 0.15) is 34.1 Å². The van der Waals surface area contributed by atoms with Gasteiger partial charge in [0.15, 0.2) is 0 Å². The fraction of sp³-hybridized carbons (Fsp3) is 0.833. The number of hydrogen-bond acceptors (Lipinski definition) is 4. The van der Waals surface area contributed by atoms with Crippen molar-refractivity contribution in [2.75, 3.05) is 13.2 Å². The van der Waals surface area contributed by atoms with Gasteiger partial charge in [-0.3, -0.25) is 9.59 Å². The largest absolute Gasteiger partial charge is 0.466 e. The van der Waals surface area contributed by atoms with Gasteiger partial charge in [-0.2, -0.15) is 0 Å². The molecule has 0 aromatic heterocycles. The molecule has 0 rings (SSSR count). The Morgan fingerprint density at radius 2 is 1.88 bits per heavy atom. The molecule has 5 heteroatoms. The first-order valence-corrected chi connectivity index (χ1v) is 6.13. The van der Waals surface area contributed by atoms with Gasteiger partial charge in [-0.1, -0.05) is 27.2 Å². The van der Waals surface area contributed by atoms with Gasteiger partial charge in [0.05, 0.1) is 18.6 Å². The molecule has 100 valence electrons. The number of nitrogens with two attached hydrogens (primary N) is 1. The molecule has 17 heavy (non-hydrogen) atoms. The van der Waals surface area contributed by atoms with Crippen molar-refractivity contribution in [1.82, 2.24) is 5.32 Å². The van der Waals surface area contributed by atoms with Crippen molar-refractivity contribution < 1.29 is 14.3 Å². The second-order valence-electron chi connectivity index (χ2n) is 4.31. The molecule has 0 aliphatic rings. The first kappa shape index (κ1) is 15.9. The quantitative estimate of drug-likeness (QED) is 0.645. The Labute approximate surface area is 103 Å². The Morgan fingerprint density at radius 3 is 2.35 bits per heavy atom. The molecular weight excluding hydrogens is 220 g/mol. The van der Waals surface area contributed by atoms with Crippen molar-refractivity contribution in [3.8, 4) is 0 Å². The Bertz CT molecular complexity index is 256. The zero-order valence-corrected chi connectivity index (χ0v) is 11.2. The summed E-state index contributed by atoms with van der Waals surface area (Å²) in [6, 6.07) is -0.519. The van der Waals surface area contributed by atoms with Gasteiger partial charge in [0, 0.05) is 6.54 Å². The van der Waals surface area contributed by atoms with Gasteiger partial charge in [-0.05, 0) is 12.8 Å². The predicted molar refractivity (Wildman–Crippen MR) is 66.2 cm³/mol. The zero-order valence-electron chi connectivity index (χ0n) is 11.2. The lowest BCUT2D eigenvalue weighted by Gasteiger charge is -2.19. The van der Waals surface area contributed by atoms with E-state index in [1.807, 2.05) is 13.8 Å². The van der Waals surface area contributed by atoms with E-state index >= 15 is 0 Å². The molecule has 0 bridgehead atoms. The van der Waals surface area contributed by atoms with Crippen molar-refractivity contribution in [2.24, 2.45) is 17.6 Å². The number of ether oxygens (including phenoxy) is 1. The monoisotopic (exact) mass is 244 g/mol. The molecule has 0 saturated carbocycles. The Kier molecular flexibility index (Phi) is 7.54. The van der Waals surface area contributed by atoms with Gasteiger partial charge in [0.25, 0.3) is 0 Å². The van der Waals surface area contributed by atoms with Crippen LogP contribution in [-0.2, 0) is 14.3 Å². The summed E-state index contributed by atoms with van der Waals surface area (Å²) in [5, 5.41) is 2.67. The minimum atomic E-state index is -0.519. The van der Waals surface area contributed by atoms with Crippen LogP contribution >= 0.6 is 0 Å². The second kappa shape index (κ2) is 8.06. The highest BCUT2D eigenvalue weighted by atomic mass is 16.5. The molecule has 0 aromatic rings. The van der Waals surface area contributed by atoms with E-state index in [2.05, 4.69) is 5.32 Å². The van der Waals surface area contributed by atoms with Gasteiger partial charge < -0.3 is 15.8 Å². The molecular formula is C12H24N2O3. The van der Waals surface area contributed by atoms with E-state index < -0.39 is 6.04 Å². The first-order chi connectivity index (χ1) is 7.93. The summed E-state index contributed by atoms with van der Waals surface area (Å²) < 4.78 is 4.84. The van der Waals surface area contributed by atoms with Crippen LogP contribution in [-0.4, -0.2) is 31.1 Å². The summed E-state index contributed by atoms with van der Waals surface area (Å²) in [7, 11) is 0. The normalized spacial score (nSPS) is 15.8. The summed E-state index contributed by atoms with van der Waals surface area (Å²) in [5.41, 5.74) is 5.76. The van der Waals surface area contributed by atoms with Gasteiger partial charge >= 0.3 is 5.97 Å². The SMILES string of the molecule is CCOC(=O)C(C)CNC(=O)C(N)C(C)CC. The third-order valence-corrected chi connectivity index (χ3v) is 2.83. The Hall–Kier alpha value is -1.10. The lowest BCUT2D eigenvalue weighted by Crippen LogP contribution is -2.46. The maximum Gasteiger partial charge on any atom is 0.310 e. The minimum Gasteiger partial charge on any atom is -0.466 e. The molecule has 0 radical (unpaired) electrons. The maximum absolute atomic E-state index is 11.6. The van der Waals surface area contributed by atoms with E-state index in [1.165, 1.54) is 0 Å². The Balaban J connectivity index is 4.03. The maximum atomic E-state index is 11.6. The zero-order chi connectivity index (χ0) is 13.4. The van der Waals surface area contributed by atoms with Gasteiger partial charge in [-0.15, -0.1) is 0 Å². The van der Waals surface area contributed by atoms with Gasteiger partial charge in [0.2, 0.25) is 5.91 Å². The lowest BCUT2D eigenvalue weighted by atomic mass is 9.99. The molecule has 0 aromatic carbocycles. The van der Waals surface area contributed by atoms with E-state index in [4.69, 9.17) is 10.5 Å². The van der Waals surface area contributed by atoms with Crippen LogP contribution in [0.4, 0.5) is 0 Å². The topological polar surface area (TPSA) is 81.4 Å². The molecule has 3 N–H and O–H groups in total. The number of nitrogens with one attached hydrogen (secondary N) is 1. The molecule has 0 spiro atoms. The molecule has 0 heterocycles. The van der Waals surface area contributed by atoms with Crippen LogP contribution in [0.15, 0.2) is 0 Å². The average molecular weight is 244 g/mol. The van der Waals surface area contributed by atoms with Crippen LogP contribution in [0, 0.1) is 11.8 Å². The summed E-state index contributed by atoms with van der Waals surface area (Å²) >= 11 is 0. The van der Waals surface area contributed by atoms with Crippen LogP contribution in [0.5, 0.6) is 0 Å². The van der Waals surface area contributed by atoms with Crippen LogP contribution < -0.4 is 11.1 Å². The fourth-order valence-electron chi connectivity index (χ4n) is 1.25. The number of rotatable bonds is 7. The molecule has 0 aliphatic carbocycles. The van der Waals surface area contributed by atoms with E-state index in [0.29, 0.717) is 6.61 Å². The molecule has 5 nitrogen and oxygen atoms in total. The molecule has 3 atom stereocenters. The smallest absolute Gasteiger partial charge is 0.310 e. The van der Waals surface area contributed by atoms with Crippen LogP contribution in [0.2, 0.25) is 0 Å². The van der Waals surface area contributed by atoms with E-state index in [-0.39, 0.29) is 30.3 Å². The average Bonchev–Trinajstić information content (AvgIpc) is 2.33. The van der Waals surface area contributed by atoms with E-state index in [1.54, 1.807) is 13.8 Å². The third kappa shape index (κ3) is 5.68. The highest BCUT2D eigenvalue weighted by Gasteiger charge is 2.21. The lowest BCUT2D eigenvalue weighted by molar-refractivity contribution is -0.147. The number of amides is 1. The Morgan fingerprint density at radius 1 is 1.29 bits per heavy atom. The summed E-state index contributed by atoms with van der Waals surface area (Å²) in [6.45, 7) is 8.00. The first-order valence-electron chi connectivity index (χ1n) is 6.13. The molecule has 0 saturated heterocycles. The predicted octanol–water partition coefficient (Wildman–Crippen LogP) is 0.675. The third-order valence-electron chi connectivity index (χ3n) is 2.83. The summed E-state index contributed by atoms with van der Waals surface area (Å²) in [6.07, 6.45) is 0.849. The van der Waals surface area contributed by atoms with Crippen molar-refractivity contribution in [2.45, 2.75) is 40.2 Å². The number of esters is 1. The van der Waals surface area contributed by atoms with Crippen molar-refractivity contribution in [3.63, 3.8) is 0 Å². The standard InChI is InChI=1S/C12H24N2O3/c1-5-8(3)10(13)11(15)14-7-9(4)12(16)17-6-2/h8-10H,5-7,13H2,1-4H3,(H,14,15). The summed E-state index contributed by atoms with van der Waals surface area (Å²) in [5.74, 6) is -0.726. The van der Waals surface area contributed by atoms with Crippen molar-refractivity contribution in [1.29, 1.82) is 0 Å². The van der Waals surface area contributed by atoms with Crippen molar-refractivity contribution in [3.05, 3.63) is 0 Å². The van der Waals surface area contributed by atoms with Gasteiger partial charge in [0.1, 0.15) is 0 Å². The van der Waals surface area contributed by atoms with Crippen LogP contribution in [0.25, 0.3) is 0 Å². The number of hydrogen-bond donors (Lipinski definition) is 2. The van der Waals surface area contributed by atoms with Crippen molar-refractivity contribution >= 4 is 11.9 Å². The number of carbonyl (C=O) groups excluding carboxylic acids is 2. The fourth-order valence-corrected chi connectivity index (χ4v) is 1.25.